The summed E-state index contributed by atoms with van der Waals surface area (Å²) in [6, 6.07) is 0. The fourth-order valence-corrected chi connectivity index (χ4v) is 0.915. The molecular formula is C10H17N5O. The number of nitrogens with one attached hydrogen (secondary N) is 1. The molecule has 0 saturated heterocycles. The summed E-state index contributed by atoms with van der Waals surface area (Å²) in [7, 11) is 0. The molecule has 0 aliphatic rings. The molecule has 1 unspecified atom stereocenters. The molecule has 3 N–H and O–H groups in total. The van der Waals surface area contributed by atoms with Crippen LogP contribution in [0, 0.1) is 13.8 Å². The molecule has 0 aliphatic carbocycles. The van der Waals surface area contributed by atoms with E-state index in [2.05, 4.69) is 20.5 Å². The zero-order chi connectivity index (χ0) is 12.3. The van der Waals surface area contributed by atoms with Crippen LogP contribution in [0.3, 0.4) is 0 Å². The second-order valence-corrected chi connectivity index (χ2v) is 4.03. The second kappa shape index (κ2) is 4.52. The third kappa shape index (κ3) is 2.73. The van der Waals surface area contributed by atoms with E-state index in [0.29, 0.717) is 6.42 Å². The quantitative estimate of drug-likeness (QED) is 0.780. The predicted molar refractivity (Wildman–Crippen MR) is 60.8 cm³/mol. The van der Waals surface area contributed by atoms with E-state index in [9.17, 15) is 4.79 Å². The number of carbonyl (C=O) groups excluding carboxylic acids is 1. The lowest BCUT2D eigenvalue weighted by Gasteiger charge is -2.20. The van der Waals surface area contributed by atoms with Crippen LogP contribution in [0.25, 0.3) is 0 Å². The number of aryl methyl sites for hydroxylation is 2. The second-order valence-electron chi connectivity index (χ2n) is 4.03. The molecule has 0 bridgehead atoms. The maximum Gasteiger partial charge on any atom is 0.249 e. The molecule has 88 valence electrons. The van der Waals surface area contributed by atoms with E-state index in [-0.39, 0.29) is 11.9 Å². The molecule has 1 amide bonds. The van der Waals surface area contributed by atoms with Gasteiger partial charge in [0, 0.05) is 0 Å². The molecule has 6 heteroatoms. The summed E-state index contributed by atoms with van der Waals surface area (Å²) in [5.41, 5.74) is 6.35. The van der Waals surface area contributed by atoms with Crippen molar-refractivity contribution in [2.45, 2.75) is 39.7 Å². The maximum absolute atomic E-state index is 11.7. The third-order valence-corrected chi connectivity index (χ3v) is 2.57. The van der Waals surface area contributed by atoms with Gasteiger partial charge in [-0.15, -0.1) is 5.10 Å². The molecule has 1 atom stereocenters. The summed E-state index contributed by atoms with van der Waals surface area (Å²) in [6.45, 7) is 7.12. The number of rotatable bonds is 3. The predicted octanol–water partition coefficient (Wildman–Crippen LogP) is 0.554. The lowest BCUT2D eigenvalue weighted by Crippen LogP contribution is -2.48. The third-order valence-electron chi connectivity index (χ3n) is 2.57. The van der Waals surface area contributed by atoms with Gasteiger partial charge < -0.3 is 5.73 Å². The molecule has 1 rings (SSSR count). The molecule has 0 aliphatic heterocycles. The fraction of sp³-hybridized carbons (Fsp3) is 0.600. The Kier molecular flexibility index (Phi) is 3.54. The van der Waals surface area contributed by atoms with Crippen molar-refractivity contribution in [3.63, 3.8) is 0 Å². The smallest absolute Gasteiger partial charge is 0.249 e. The van der Waals surface area contributed by atoms with Crippen LogP contribution < -0.4 is 11.1 Å². The van der Waals surface area contributed by atoms with Gasteiger partial charge in [0.15, 0.2) is 0 Å². The molecule has 1 aromatic rings. The number of hydrogen-bond acceptors (Lipinski definition) is 5. The van der Waals surface area contributed by atoms with Gasteiger partial charge in [0.2, 0.25) is 11.9 Å². The number of amides is 1. The Morgan fingerprint density at radius 3 is 2.50 bits per heavy atom. The van der Waals surface area contributed by atoms with Crippen molar-refractivity contribution in [1.82, 2.24) is 15.2 Å². The molecule has 1 aromatic heterocycles. The first-order chi connectivity index (χ1) is 7.36. The first kappa shape index (κ1) is 12.5. The highest BCUT2D eigenvalue weighted by molar-refractivity contribution is 5.96. The highest BCUT2D eigenvalue weighted by Gasteiger charge is 2.26. The lowest BCUT2D eigenvalue weighted by atomic mass is 10.00. The van der Waals surface area contributed by atoms with Gasteiger partial charge in [0.25, 0.3) is 0 Å². The number of aromatic nitrogens is 3. The van der Waals surface area contributed by atoms with Crippen LogP contribution in [0.2, 0.25) is 0 Å². The number of nitrogens with zero attached hydrogens (tertiary/aromatic N) is 3. The molecule has 0 spiro atoms. The molecule has 6 nitrogen and oxygen atoms in total. The average Bonchev–Trinajstić information content (AvgIpc) is 2.23. The van der Waals surface area contributed by atoms with E-state index in [0.717, 1.165) is 11.4 Å². The minimum Gasteiger partial charge on any atom is -0.318 e. The van der Waals surface area contributed by atoms with Crippen molar-refractivity contribution in [3.8, 4) is 0 Å². The molecule has 0 radical (unpaired) electrons. The van der Waals surface area contributed by atoms with Crippen molar-refractivity contribution < 1.29 is 4.79 Å². The van der Waals surface area contributed by atoms with Crippen LogP contribution in [0.5, 0.6) is 0 Å². The fourth-order valence-electron chi connectivity index (χ4n) is 0.915. The van der Waals surface area contributed by atoms with Gasteiger partial charge in [0.1, 0.15) is 0 Å². The van der Waals surface area contributed by atoms with Gasteiger partial charge >= 0.3 is 0 Å². The summed E-state index contributed by atoms with van der Waals surface area (Å²) >= 11 is 0. The van der Waals surface area contributed by atoms with Crippen molar-refractivity contribution in [2.24, 2.45) is 5.73 Å². The van der Waals surface area contributed by atoms with Crippen molar-refractivity contribution >= 4 is 11.9 Å². The molecule has 16 heavy (non-hydrogen) atoms. The zero-order valence-electron chi connectivity index (χ0n) is 10.0. The maximum atomic E-state index is 11.7. The molecule has 0 fully saturated rings. The number of anilines is 1. The van der Waals surface area contributed by atoms with Crippen molar-refractivity contribution in [3.05, 3.63) is 11.4 Å². The lowest BCUT2D eigenvalue weighted by molar-refractivity contribution is -0.120. The van der Waals surface area contributed by atoms with Crippen molar-refractivity contribution in [2.75, 3.05) is 5.32 Å². The van der Waals surface area contributed by atoms with Crippen LogP contribution in [0.15, 0.2) is 0 Å². The van der Waals surface area contributed by atoms with E-state index in [1.807, 2.05) is 6.92 Å². The Morgan fingerprint density at radius 1 is 1.38 bits per heavy atom. The number of nitrogens with two attached hydrogens (primary N) is 1. The highest BCUT2D eigenvalue weighted by atomic mass is 16.2. The zero-order valence-corrected chi connectivity index (χ0v) is 10.0. The Labute approximate surface area is 94.7 Å². The van der Waals surface area contributed by atoms with Gasteiger partial charge in [-0.3, -0.25) is 10.1 Å². The summed E-state index contributed by atoms with van der Waals surface area (Å²) in [5.74, 6) is -0.113. The van der Waals surface area contributed by atoms with Gasteiger partial charge in [0.05, 0.1) is 16.9 Å². The van der Waals surface area contributed by atoms with Gasteiger partial charge in [-0.25, -0.2) is 4.98 Å². The summed E-state index contributed by atoms with van der Waals surface area (Å²) in [6.07, 6.45) is 0.539. The normalized spacial score (nSPS) is 14.3. The monoisotopic (exact) mass is 223 g/mol. The minimum absolute atomic E-state index is 0.193. The van der Waals surface area contributed by atoms with Gasteiger partial charge in [-0.2, -0.15) is 5.10 Å². The van der Waals surface area contributed by atoms with E-state index in [1.165, 1.54) is 0 Å². The van der Waals surface area contributed by atoms with Crippen LogP contribution in [0.1, 0.15) is 31.7 Å². The Morgan fingerprint density at radius 2 is 2.00 bits per heavy atom. The van der Waals surface area contributed by atoms with Gasteiger partial charge in [-0.1, -0.05) is 6.92 Å². The Hall–Kier alpha value is -1.56. The molecular weight excluding hydrogens is 206 g/mol. The van der Waals surface area contributed by atoms with Crippen LogP contribution in [-0.2, 0) is 4.79 Å². The topological polar surface area (TPSA) is 93.8 Å². The summed E-state index contributed by atoms with van der Waals surface area (Å²) < 4.78 is 0. The molecule has 0 saturated carbocycles. The summed E-state index contributed by atoms with van der Waals surface area (Å²) in [4.78, 5) is 15.8. The van der Waals surface area contributed by atoms with E-state index in [1.54, 1.807) is 20.8 Å². The average molecular weight is 223 g/mol. The standard InChI is InChI=1S/C10H17N5O/c1-5-10(4,11)8(16)13-9-12-6(2)7(3)14-15-9/h5,11H2,1-4H3,(H,12,13,15,16). The van der Waals surface area contributed by atoms with E-state index in [4.69, 9.17) is 5.73 Å². The van der Waals surface area contributed by atoms with E-state index < -0.39 is 5.54 Å². The molecule has 1 heterocycles. The first-order valence-corrected chi connectivity index (χ1v) is 5.15. The first-order valence-electron chi connectivity index (χ1n) is 5.15. The highest BCUT2D eigenvalue weighted by Crippen LogP contribution is 2.08. The van der Waals surface area contributed by atoms with E-state index >= 15 is 0 Å². The van der Waals surface area contributed by atoms with Gasteiger partial charge in [-0.05, 0) is 27.2 Å². The van der Waals surface area contributed by atoms with Crippen LogP contribution in [0.4, 0.5) is 5.95 Å². The largest absolute Gasteiger partial charge is 0.318 e. The van der Waals surface area contributed by atoms with Crippen LogP contribution >= 0.6 is 0 Å². The number of carbonyl (C=O) groups is 1. The molecule has 0 aromatic carbocycles. The Bertz CT molecular complexity index is 402. The Balaban J connectivity index is 2.82. The SMILES string of the molecule is CCC(C)(N)C(=O)Nc1nnc(C)c(C)n1. The van der Waals surface area contributed by atoms with Crippen molar-refractivity contribution in [1.29, 1.82) is 0 Å². The minimum atomic E-state index is -0.915. The summed E-state index contributed by atoms with van der Waals surface area (Å²) in [5, 5.41) is 10.2. The number of hydrogen-bond donors (Lipinski definition) is 2. The van der Waals surface area contributed by atoms with Crippen LogP contribution in [-0.4, -0.2) is 26.6 Å².